The van der Waals surface area contributed by atoms with E-state index in [1.54, 1.807) is 0 Å². The molecule has 4 heterocycles. The average molecular weight is 1090 g/mol. The van der Waals surface area contributed by atoms with Crippen molar-refractivity contribution in [3.63, 3.8) is 0 Å². The number of esters is 1. The molecular formula is C53H86O23. The quantitative estimate of drug-likeness (QED) is 0.0574. The molecule has 29 atom stereocenters. The fourth-order valence-electron chi connectivity index (χ4n) is 15.9. The Labute approximate surface area is 442 Å². The number of aliphatic hydroxyl groups is 14. The zero-order valence-corrected chi connectivity index (χ0v) is 44.5. The Bertz CT molecular complexity index is 2070. The van der Waals surface area contributed by atoms with E-state index >= 15 is 0 Å². The number of carbonyl (C=O) groups excluding carboxylic acids is 1. The molecule has 23 nitrogen and oxygen atoms in total. The molecule has 14 N–H and O–H groups in total. The van der Waals surface area contributed by atoms with Crippen molar-refractivity contribution in [3.05, 3.63) is 11.6 Å². The molecular weight excluding hydrogens is 1000 g/mol. The van der Waals surface area contributed by atoms with Crippen LogP contribution < -0.4 is 0 Å². The number of rotatable bonds is 11. The first-order valence-electron chi connectivity index (χ1n) is 27.4. The number of allylic oxidation sites excluding steroid dienone is 2. The van der Waals surface area contributed by atoms with Crippen LogP contribution in [0.5, 0.6) is 0 Å². The highest BCUT2D eigenvalue weighted by Gasteiger charge is 2.71. The van der Waals surface area contributed by atoms with Crippen LogP contribution in [0.3, 0.4) is 0 Å². The van der Waals surface area contributed by atoms with Gasteiger partial charge in [0.25, 0.3) is 0 Å². The zero-order valence-electron chi connectivity index (χ0n) is 44.5. The van der Waals surface area contributed by atoms with E-state index in [9.17, 15) is 76.3 Å². The van der Waals surface area contributed by atoms with E-state index in [0.717, 1.165) is 18.4 Å². The lowest BCUT2D eigenvalue weighted by Gasteiger charge is -2.70. The van der Waals surface area contributed by atoms with Gasteiger partial charge in [0.05, 0.1) is 38.6 Å². The summed E-state index contributed by atoms with van der Waals surface area (Å²) in [5.74, 6) is -0.859. The van der Waals surface area contributed by atoms with Gasteiger partial charge in [0.2, 0.25) is 6.29 Å². The Morgan fingerprint density at radius 3 is 1.70 bits per heavy atom. The Balaban J connectivity index is 0.987. The fraction of sp³-hybridized carbons (Fsp3) is 0.943. The summed E-state index contributed by atoms with van der Waals surface area (Å²) in [4.78, 5) is 14.8. The fourth-order valence-corrected chi connectivity index (χ4v) is 15.9. The van der Waals surface area contributed by atoms with Crippen LogP contribution in [0.4, 0.5) is 0 Å². The molecule has 8 fully saturated rings. The molecule has 9 aliphatic rings. The Hall–Kier alpha value is -1.63. The highest BCUT2D eigenvalue weighted by molar-refractivity contribution is 5.80. The molecule has 0 aromatic rings. The number of hydrogen-bond donors (Lipinski definition) is 14. The van der Waals surface area contributed by atoms with Gasteiger partial charge in [0.15, 0.2) is 18.9 Å². The topological polar surface area (TPSA) is 374 Å². The normalized spacial score (nSPS) is 54.0. The number of aliphatic hydroxyl groups excluding tert-OH is 14. The molecule has 0 aromatic heterocycles. The van der Waals surface area contributed by atoms with Crippen molar-refractivity contribution in [2.75, 3.05) is 26.4 Å². The number of ether oxygens (including phenoxy) is 8. The smallest absolute Gasteiger partial charge is 0.317 e. The van der Waals surface area contributed by atoms with Gasteiger partial charge in [0.1, 0.15) is 97.0 Å². The molecule has 76 heavy (non-hydrogen) atoms. The summed E-state index contributed by atoms with van der Waals surface area (Å²) in [5.41, 5.74) is -2.05. The third kappa shape index (κ3) is 9.56. The molecule has 0 radical (unpaired) electrons. The third-order valence-corrected chi connectivity index (χ3v) is 20.8. The Morgan fingerprint density at radius 1 is 0.618 bits per heavy atom. The first kappa shape index (κ1) is 59.0. The summed E-state index contributed by atoms with van der Waals surface area (Å²) < 4.78 is 48.6. The Morgan fingerprint density at radius 2 is 1.14 bits per heavy atom. The maximum absolute atomic E-state index is 14.8. The first-order chi connectivity index (χ1) is 35.6. The van der Waals surface area contributed by atoms with Crippen molar-refractivity contribution < 1.29 is 114 Å². The molecule has 23 heteroatoms. The minimum Gasteiger partial charge on any atom is -0.432 e. The van der Waals surface area contributed by atoms with Crippen molar-refractivity contribution >= 4 is 5.97 Å². The molecule has 0 bridgehead atoms. The second-order valence-corrected chi connectivity index (χ2v) is 25.8. The summed E-state index contributed by atoms with van der Waals surface area (Å²) >= 11 is 0. The van der Waals surface area contributed by atoms with Gasteiger partial charge in [-0.3, -0.25) is 4.79 Å². The molecule has 4 saturated heterocycles. The highest BCUT2D eigenvalue weighted by Crippen LogP contribution is 2.74. The molecule has 5 aliphatic carbocycles. The highest BCUT2D eigenvalue weighted by atomic mass is 16.8. The van der Waals surface area contributed by atoms with Gasteiger partial charge in [-0.05, 0) is 103 Å². The summed E-state index contributed by atoms with van der Waals surface area (Å²) in [5, 5.41) is 150. The molecule has 9 rings (SSSR count). The predicted octanol–water partition coefficient (Wildman–Crippen LogP) is -2.57. The lowest BCUT2D eigenvalue weighted by molar-refractivity contribution is -0.389. The van der Waals surface area contributed by atoms with Crippen molar-refractivity contribution in [1.29, 1.82) is 0 Å². The second-order valence-electron chi connectivity index (χ2n) is 25.8. The van der Waals surface area contributed by atoms with E-state index in [2.05, 4.69) is 54.5 Å². The number of carbonyl (C=O) groups is 1. The summed E-state index contributed by atoms with van der Waals surface area (Å²) in [7, 11) is 0. The second kappa shape index (κ2) is 21.6. The summed E-state index contributed by atoms with van der Waals surface area (Å²) in [6.45, 7) is 12.7. The zero-order chi connectivity index (χ0) is 55.5. The molecule has 0 aromatic carbocycles. The van der Waals surface area contributed by atoms with Gasteiger partial charge >= 0.3 is 5.97 Å². The largest absolute Gasteiger partial charge is 0.432 e. The van der Waals surface area contributed by atoms with E-state index in [1.165, 1.54) is 0 Å². The molecule has 0 spiro atoms. The average Bonchev–Trinajstić information content (AvgIpc) is 3.39. The van der Waals surface area contributed by atoms with E-state index < -0.39 is 183 Å². The van der Waals surface area contributed by atoms with Gasteiger partial charge in [0, 0.05) is 0 Å². The van der Waals surface area contributed by atoms with Crippen LogP contribution in [-0.4, -0.2) is 233 Å². The van der Waals surface area contributed by atoms with Crippen LogP contribution >= 0.6 is 0 Å². The van der Waals surface area contributed by atoms with Gasteiger partial charge in [-0.2, -0.15) is 0 Å². The maximum Gasteiger partial charge on any atom is 0.317 e. The van der Waals surface area contributed by atoms with Crippen LogP contribution in [0.1, 0.15) is 99.8 Å². The number of fused-ring (bicyclic) bond motifs is 7. The standard InChI is InChI=1S/C53H86O23/c1-21-14-31(73-47-43(75-45-40(66)37(63)34(60)28(18-55)71-45)42(26(57)20-69-47)74-44-39(65)36(62)33(59)27(17-54)70-44)50(4,5)23-10-11-51(6)24(32(21)23)9-8-22-25-15-49(2,3)12-13-53(25,30(58)16-52(22,51)7)48(68)76-46-41(67)38(64)35(61)29(19-56)72-46/h8,21,23-47,54-67H,9-20H2,1-7H3/t21-,23?,24?,25?,26+,27-,28-,29-,30-,31+,32?,33-,34-,35-,36+,37+,38+,39-,40-,41-,42+,43-,44+,45+,46+,47+,51-,52-,53-/m1/s1. The van der Waals surface area contributed by atoms with Crippen molar-refractivity contribution in [2.24, 2.45) is 56.7 Å². The maximum atomic E-state index is 14.8. The van der Waals surface area contributed by atoms with Gasteiger partial charge in [-0.1, -0.05) is 60.1 Å². The monoisotopic (exact) mass is 1090 g/mol. The summed E-state index contributed by atoms with van der Waals surface area (Å²) in [6, 6.07) is 0. The van der Waals surface area contributed by atoms with E-state index in [0.29, 0.717) is 32.1 Å². The SMILES string of the molecule is C[C@@H]1C[C@H](O[C@@H]2OC[C@H](O)[C@H](O[C@@H]3O[C@H](CO)[C@@H](O)[C@H](O)[C@H]3O)[C@H]2O[C@@H]2O[C@H](CO)[C@@H](O)[C@H](O)[C@H]2O)C(C)(C)C2CC[C@]3(C)C(CC=C4C5CC(C)(C)CC[C@]5(C(=O)O[C@@H]5O[C@H](CO)[C@@H](O)[C@H](O)[C@H]5O)[C@H](O)C[C@]43C)C21. The van der Waals surface area contributed by atoms with Crippen LogP contribution in [0.2, 0.25) is 0 Å². The molecule has 436 valence electrons. The van der Waals surface area contributed by atoms with Crippen molar-refractivity contribution in [1.82, 2.24) is 0 Å². The van der Waals surface area contributed by atoms with Crippen molar-refractivity contribution in [3.8, 4) is 0 Å². The van der Waals surface area contributed by atoms with Crippen LogP contribution in [-0.2, 0) is 42.7 Å². The van der Waals surface area contributed by atoms with Crippen LogP contribution in [0.15, 0.2) is 11.6 Å². The van der Waals surface area contributed by atoms with E-state index in [-0.39, 0.29) is 40.9 Å². The number of hydrogen-bond acceptors (Lipinski definition) is 23. The third-order valence-electron chi connectivity index (χ3n) is 20.8. The summed E-state index contributed by atoms with van der Waals surface area (Å²) in [6.07, 6.45) is -26.4. The molecule has 4 unspecified atom stereocenters. The molecule has 4 saturated carbocycles. The molecule has 4 aliphatic heterocycles. The minimum absolute atomic E-state index is 0.0288. The lowest BCUT2D eigenvalue weighted by atomic mass is 9.35. The molecule has 0 amide bonds. The minimum atomic E-state index is -1.89. The lowest BCUT2D eigenvalue weighted by Crippen LogP contribution is -2.67. The van der Waals surface area contributed by atoms with Crippen LogP contribution in [0, 0.1) is 56.7 Å². The predicted molar refractivity (Wildman–Crippen MR) is 258 cm³/mol. The first-order valence-corrected chi connectivity index (χ1v) is 27.4. The van der Waals surface area contributed by atoms with Crippen molar-refractivity contribution in [2.45, 2.75) is 229 Å². The van der Waals surface area contributed by atoms with E-state index in [4.69, 9.17) is 37.9 Å². The van der Waals surface area contributed by atoms with Gasteiger partial charge < -0.3 is 109 Å². The Kier molecular flexibility index (Phi) is 16.8. The van der Waals surface area contributed by atoms with Gasteiger partial charge in [-0.15, -0.1) is 0 Å². The van der Waals surface area contributed by atoms with Gasteiger partial charge in [-0.25, -0.2) is 0 Å². The van der Waals surface area contributed by atoms with Crippen LogP contribution in [0.25, 0.3) is 0 Å². The van der Waals surface area contributed by atoms with E-state index in [1.807, 2.05) is 0 Å².